The van der Waals surface area contributed by atoms with Crippen LogP contribution in [0.5, 0.6) is 0 Å². The van der Waals surface area contributed by atoms with Crippen LogP contribution in [0.3, 0.4) is 0 Å². The Bertz CT molecular complexity index is 854. The molecular weight excluding hydrogens is 468 g/mol. The molecule has 204 valence electrons. The zero-order chi connectivity index (χ0) is 26.8. The summed E-state index contributed by atoms with van der Waals surface area (Å²) >= 11 is 0. The van der Waals surface area contributed by atoms with E-state index in [9.17, 15) is 9.59 Å². The number of hydrogen-bond acceptors (Lipinski definition) is 5. The second kappa shape index (κ2) is 11.5. The number of carbonyl (C=O) groups is 2. The minimum atomic E-state index is -1.96. The van der Waals surface area contributed by atoms with E-state index < -0.39 is 8.32 Å². The molecule has 0 aromatic rings. The van der Waals surface area contributed by atoms with Gasteiger partial charge in [0.1, 0.15) is 12.2 Å². The first-order chi connectivity index (χ1) is 16.7. The summed E-state index contributed by atoms with van der Waals surface area (Å²) in [5.74, 6) is 1.02. The molecule has 1 saturated heterocycles. The van der Waals surface area contributed by atoms with Crippen molar-refractivity contribution in [3.8, 4) is 0 Å². The summed E-state index contributed by atoms with van der Waals surface area (Å²) in [6.45, 7) is 19.6. The van der Waals surface area contributed by atoms with Gasteiger partial charge in [-0.2, -0.15) is 0 Å². The van der Waals surface area contributed by atoms with Crippen molar-refractivity contribution in [2.45, 2.75) is 123 Å². The first-order valence-corrected chi connectivity index (χ1v) is 17.1. The van der Waals surface area contributed by atoms with Crippen molar-refractivity contribution in [1.29, 1.82) is 0 Å². The molecule has 2 aliphatic carbocycles. The molecule has 0 bridgehead atoms. The number of allylic oxidation sites excluding steroid dienone is 3. The standard InChI is InChI=1S/C30H50O5Si/c1-10-20(3)29(32)34-26-16-19(2)15-22-12-11-21(4)25(28(22)26)14-13-23-17-24(18-27(31)33-23)35-36(8,9)30(5,6)7/h11-12,15,19-21,23-26,28H,10,13-14,16-18H2,1-9H3. The molecule has 0 amide bonds. The van der Waals surface area contributed by atoms with Gasteiger partial charge in [-0.05, 0) is 67.1 Å². The maximum Gasteiger partial charge on any atom is 0.308 e. The zero-order valence-corrected chi connectivity index (χ0v) is 25.1. The van der Waals surface area contributed by atoms with Crippen LogP contribution in [0.1, 0.15) is 87.0 Å². The van der Waals surface area contributed by atoms with Gasteiger partial charge in [0.25, 0.3) is 0 Å². The van der Waals surface area contributed by atoms with Gasteiger partial charge in [-0.1, -0.05) is 66.7 Å². The van der Waals surface area contributed by atoms with Crippen molar-refractivity contribution in [3.05, 3.63) is 23.8 Å². The third-order valence-electron chi connectivity index (χ3n) is 9.19. The summed E-state index contributed by atoms with van der Waals surface area (Å²) < 4.78 is 18.6. The van der Waals surface area contributed by atoms with Gasteiger partial charge in [0.2, 0.25) is 0 Å². The number of rotatable bonds is 8. The van der Waals surface area contributed by atoms with Crippen molar-refractivity contribution in [2.24, 2.45) is 29.6 Å². The Labute approximate surface area is 220 Å². The normalized spacial score (nSPS) is 33.9. The lowest BCUT2D eigenvalue weighted by Crippen LogP contribution is -2.47. The summed E-state index contributed by atoms with van der Waals surface area (Å²) in [5.41, 5.74) is 1.30. The van der Waals surface area contributed by atoms with Crippen molar-refractivity contribution in [1.82, 2.24) is 0 Å². The molecule has 1 aliphatic heterocycles. The van der Waals surface area contributed by atoms with Crippen LogP contribution in [0.15, 0.2) is 23.8 Å². The van der Waals surface area contributed by atoms with Crippen molar-refractivity contribution in [2.75, 3.05) is 0 Å². The fourth-order valence-corrected chi connectivity index (χ4v) is 7.10. The molecule has 8 atom stereocenters. The SMILES string of the molecule is CCC(C)C(=O)OC1CC(C)C=C2C=CC(C)C(CCC3CC(O[Si](C)(C)C(C)(C)C)CC(=O)O3)C21. The molecule has 0 radical (unpaired) electrons. The van der Waals surface area contributed by atoms with Crippen LogP contribution in [-0.2, 0) is 23.5 Å². The highest BCUT2D eigenvalue weighted by atomic mass is 28.4. The van der Waals surface area contributed by atoms with Crippen molar-refractivity contribution >= 4 is 20.3 Å². The monoisotopic (exact) mass is 518 g/mol. The molecule has 36 heavy (non-hydrogen) atoms. The summed E-state index contributed by atoms with van der Waals surface area (Å²) in [4.78, 5) is 25.2. The van der Waals surface area contributed by atoms with Crippen LogP contribution in [0.4, 0.5) is 0 Å². The smallest absolute Gasteiger partial charge is 0.308 e. The van der Waals surface area contributed by atoms with Crippen LogP contribution in [0.2, 0.25) is 18.1 Å². The Kier molecular flexibility index (Phi) is 9.35. The van der Waals surface area contributed by atoms with Crippen LogP contribution in [-0.4, -0.2) is 38.6 Å². The molecule has 5 nitrogen and oxygen atoms in total. The largest absolute Gasteiger partial charge is 0.462 e. The van der Waals surface area contributed by atoms with Crippen LogP contribution in [0, 0.1) is 29.6 Å². The fourth-order valence-electron chi connectivity index (χ4n) is 5.74. The van der Waals surface area contributed by atoms with E-state index >= 15 is 0 Å². The fraction of sp³-hybridized carbons (Fsp3) is 0.800. The van der Waals surface area contributed by atoms with E-state index in [2.05, 4.69) is 65.9 Å². The van der Waals surface area contributed by atoms with Crippen LogP contribution >= 0.6 is 0 Å². The lowest BCUT2D eigenvalue weighted by molar-refractivity contribution is -0.162. The third kappa shape index (κ3) is 6.92. The van der Waals surface area contributed by atoms with Crippen LogP contribution in [0.25, 0.3) is 0 Å². The Hall–Kier alpha value is -1.40. The van der Waals surface area contributed by atoms with Crippen LogP contribution < -0.4 is 0 Å². The topological polar surface area (TPSA) is 61.8 Å². The summed E-state index contributed by atoms with van der Waals surface area (Å²) in [6, 6.07) is 0. The lowest BCUT2D eigenvalue weighted by Gasteiger charge is -2.44. The second-order valence-corrected chi connectivity index (χ2v) is 18.0. The highest BCUT2D eigenvalue weighted by Gasteiger charge is 2.44. The second-order valence-electron chi connectivity index (χ2n) is 13.2. The number of fused-ring (bicyclic) bond motifs is 1. The highest BCUT2D eigenvalue weighted by molar-refractivity contribution is 6.74. The molecule has 3 aliphatic rings. The van der Waals surface area contributed by atoms with E-state index in [0.717, 1.165) is 32.1 Å². The van der Waals surface area contributed by atoms with Gasteiger partial charge < -0.3 is 13.9 Å². The van der Waals surface area contributed by atoms with Gasteiger partial charge >= 0.3 is 11.9 Å². The predicted molar refractivity (Wildman–Crippen MR) is 147 cm³/mol. The summed E-state index contributed by atoms with van der Waals surface area (Å²) in [7, 11) is -1.96. The average molecular weight is 519 g/mol. The Morgan fingerprint density at radius 1 is 1.19 bits per heavy atom. The van der Waals surface area contributed by atoms with E-state index in [4.69, 9.17) is 13.9 Å². The molecule has 0 spiro atoms. The number of cyclic esters (lactones) is 1. The maximum absolute atomic E-state index is 12.7. The van der Waals surface area contributed by atoms with Gasteiger partial charge in [-0.3, -0.25) is 9.59 Å². The number of hydrogen-bond donors (Lipinski definition) is 0. The van der Waals surface area contributed by atoms with Gasteiger partial charge in [0, 0.05) is 12.3 Å². The molecule has 0 aromatic carbocycles. The van der Waals surface area contributed by atoms with Gasteiger partial charge in [-0.25, -0.2) is 0 Å². The first-order valence-electron chi connectivity index (χ1n) is 14.2. The molecule has 8 unspecified atom stereocenters. The average Bonchev–Trinajstić information content (AvgIpc) is 2.76. The van der Waals surface area contributed by atoms with E-state index in [-0.39, 0.29) is 47.1 Å². The zero-order valence-electron chi connectivity index (χ0n) is 24.1. The molecule has 1 heterocycles. The summed E-state index contributed by atoms with van der Waals surface area (Å²) in [5, 5.41) is 0.107. The Balaban J connectivity index is 1.71. The number of esters is 2. The summed E-state index contributed by atoms with van der Waals surface area (Å²) in [6.07, 6.45) is 11.2. The Morgan fingerprint density at radius 3 is 2.53 bits per heavy atom. The quantitative estimate of drug-likeness (QED) is 0.251. The molecule has 0 N–H and O–H groups in total. The number of ether oxygens (including phenoxy) is 2. The molecule has 0 saturated carbocycles. The number of carbonyl (C=O) groups excluding carboxylic acids is 2. The molecule has 0 aromatic heterocycles. The molecule has 1 fully saturated rings. The van der Waals surface area contributed by atoms with Crippen molar-refractivity contribution < 1.29 is 23.5 Å². The molecular formula is C30H50O5Si. The van der Waals surface area contributed by atoms with E-state index in [0.29, 0.717) is 24.2 Å². The van der Waals surface area contributed by atoms with Crippen molar-refractivity contribution in [3.63, 3.8) is 0 Å². The van der Waals surface area contributed by atoms with E-state index in [1.165, 1.54) is 5.57 Å². The third-order valence-corrected chi connectivity index (χ3v) is 13.7. The van der Waals surface area contributed by atoms with Gasteiger partial charge in [0.15, 0.2) is 8.32 Å². The van der Waals surface area contributed by atoms with E-state index in [1.54, 1.807) is 0 Å². The van der Waals surface area contributed by atoms with Gasteiger partial charge in [0.05, 0.1) is 18.4 Å². The van der Waals surface area contributed by atoms with E-state index in [1.807, 2.05) is 13.8 Å². The maximum atomic E-state index is 12.7. The lowest BCUT2D eigenvalue weighted by atomic mass is 9.65. The minimum absolute atomic E-state index is 0.0592. The molecule has 6 heteroatoms. The highest BCUT2D eigenvalue weighted by Crippen LogP contribution is 2.45. The van der Waals surface area contributed by atoms with Gasteiger partial charge in [-0.15, -0.1) is 0 Å². The Morgan fingerprint density at radius 2 is 1.89 bits per heavy atom. The minimum Gasteiger partial charge on any atom is -0.462 e. The first kappa shape index (κ1) is 29.2. The predicted octanol–water partition coefficient (Wildman–Crippen LogP) is 7.23. The molecule has 3 rings (SSSR count).